The summed E-state index contributed by atoms with van der Waals surface area (Å²) >= 11 is 0. The van der Waals surface area contributed by atoms with Crippen molar-refractivity contribution in [3.63, 3.8) is 0 Å². The average Bonchev–Trinajstić information content (AvgIpc) is 3.30. The van der Waals surface area contributed by atoms with E-state index in [1.165, 1.54) is 25.1 Å². The normalized spacial score (nSPS) is 21.0. The highest BCUT2D eigenvalue weighted by molar-refractivity contribution is 5.94. The molecular weight excluding hydrogens is 304 g/mol. The fourth-order valence-corrected chi connectivity index (χ4v) is 3.50. The number of nitrogens with zero attached hydrogens (tertiary/aromatic N) is 4. The lowest BCUT2D eigenvalue weighted by Crippen LogP contribution is -2.40. The number of carbonyl (C=O) groups excluding carboxylic acids is 1. The number of carbonyl (C=O) groups is 1. The topological polar surface area (TPSA) is 71.2 Å². The number of hydrogen-bond acceptors (Lipinski definition) is 4. The van der Waals surface area contributed by atoms with Gasteiger partial charge in [-0.15, -0.1) is 0 Å². The Hall–Kier alpha value is -2.37. The van der Waals surface area contributed by atoms with Gasteiger partial charge in [0.1, 0.15) is 11.6 Å². The maximum absolute atomic E-state index is 12.7. The monoisotopic (exact) mass is 326 g/mol. The van der Waals surface area contributed by atoms with E-state index >= 15 is 0 Å². The fraction of sp³-hybridized carbons (Fsp3) is 0.500. The maximum atomic E-state index is 12.7. The van der Waals surface area contributed by atoms with Crippen LogP contribution in [0.2, 0.25) is 0 Å². The highest BCUT2D eigenvalue weighted by Crippen LogP contribution is 2.33. The molecule has 126 valence electrons. The Morgan fingerprint density at radius 3 is 2.92 bits per heavy atom. The minimum Gasteiger partial charge on any atom is -0.505 e. The van der Waals surface area contributed by atoms with Crippen molar-refractivity contribution in [1.82, 2.24) is 19.4 Å². The largest absolute Gasteiger partial charge is 0.505 e. The Labute approximate surface area is 141 Å². The zero-order valence-corrected chi connectivity index (χ0v) is 13.6. The molecule has 1 aliphatic heterocycles. The molecule has 1 N–H and O–H groups in total. The third-order valence-electron chi connectivity index (χ3n) is 4.96. The molecule has 2 aromatic heterocycles. The van der Waals surface area contributed by atoms with Gasteiger partial charge < -0.3 is 14.6 Å². The number of imidazole rings is 1. The van der Waals surface area contributed by atoms with Gasteiger partial charge in [-0.2, -0.15) is 0 Å². The average molecular weight is 326 g/mol. The van der Waals surface area contributed by atoms with Crippen molar-refractivity contribution in [2.45, 2.75) is 38.1 Å². The molecule has 1 unspecified atom stereocenters. The van der Waals surface area contributed by atoms with Crippen LogP contribution in [0.1, 0.15) is 47.9 Å². The van der Waals surface area contributed by atoms with Crippen LogP contribution in [-0.2, 0) is 6.54 Å². The van der Waals surface area contributed by atoms with Gasteiger partial charge in [-0.25, -0.2) is 9.97 Å². The molecule has 1 atom stereocenters. The number of pyridine rings is 1. The van der Waals surface area contributed by atoms with Gasteiger partial charge in [-0.3, -0.25) is 4.79 Å². The van der Waals surface area contributed by atoms with E-state index in [4.69, 9.17) is 0 Å². The molecule has 0 bridgehead atoms. The maximum Gasteiger partial charge on any atom is 0.276 e. The van der Waals surface area contributed by atoms with Crippen LogP contribution in [0.5, 0.6) is 5.75 Å². The zero-order chi connectivity index (χ0) is 16.5. The van der Waals surface area contributed by atoms with Crippen molar-refractivity contribution < 1.29 is 9.90 Å². The third kappa shape index (κ3) is 3.00. The third-order valence-corrected chi connectivity index (χ3v) is 4.96. The Morgan fingerprint density at radius 2 is 2.12 bits per heavy atom. The van der Waals surface area contributed by atoms with E-state index < -0.39 is 0 Å². The summed E-state index contributed by atoms with van der Waals surface area (Å²) in [7, 11) is 0. The van der Waals surface area contributed by atoms with E-state index in [9.17, 15) is 9.90 Å². The van der Waals surface area contributed by atoms with Gasteiger partial charge in [0, 0.05) is 44.1 Å². The molecule has 6 nitrogen and oxygen atoms in total. The number of rotatable bonds is 4. The molecule has 2 fully saturated rings. The second-order valence-electron chi connectivity index (χ2n) is 6.84. The van der Waals surface area contributed by atoms with E-state index in [2.05, 4.69) is 20.7 Å². The summed E-state index contributed by atoms with van der Waals surface area (Å²) in [5, 5.41) is 9.89. The predicted octanol–water partition coefficient (Wildman–Crippen LogP) is 2.41. The van der Waals surface area contributed by atoms with Crippen molar-refractivity contribution in [1.29, 1.82) is 0 Å². The number of piperidine rings is 1. The number of likely N-dealkylation sites (tertiary alicyclic amines) is 1. The molecule has 1 aliphatic carbocycles. The first-order chi connectivity index (χ1) is 11.7. The van der Waals surface area contributed by atoms with Crippen molar-refractivity contribution in [2.75, 3.05) is 13.1 Å². The molecular formula is C18H22N4O2. The van der Waals surface area contributed by atoms with E-state index in [1.54, 1.807) is 11.0 Å². The van der Waals surface area contributed by atoms with E-state index in [0.29, 0.717) is 13.1 Å². The van der Waals surface area contributed by atoms with Crippen LogP contribution in [0.25, 0.3) is 0 Å². The van der Waals surface area contributed by atoms with Crippen LogP contribution in [-0.4, -0.2) is 43.5 Å². The number of hydrogen-bond donors (Lipinski definition) is 1. The van der Waals surface area contributed by atoms with Crippen molar-refractivity contribution in [3.05, 3.63) is 42.2 Å². The number of aromatic nitrogens is 3. The summed E-state index contributed by atoms with van der Waals surface area (Å²) in [6.07, 6.45) is 10.1. The Morgan fingerprint density at radius 1 is 1.25 bits per heavy atom. The quantitative estimate of drug-likeness (QED) is 0.936. The summed E-state index contributed by atoms with van der Waals surface area (Å²) < 4.78 is 2.26. The van der Waals surface area contributed by atoms with Crippen molar-refractivity contribution >= 4 is 5.91 Å². The van der Waals surface area contributed by atoms with Gasteiger partial charge in [-0.1, -0.05) is 0 Å². The molecule has 0 spiro atoms. The summed E-state index contributed by atoms with van der Waals surface area (Å²) in [6.45, 7) is 2.38. The Balaban J connectivity index is 1.50. The highest BCUT2D eigenvalue weighted by atomic mass is 16.3. The molecule has 1 amide bonds. The Kier molecular flexibility index (Phi) is 3.96. The molecule has 0 aromatic carbocycles. The number of amides is 1. The van der Waals surface area contributed by atoms with Gasteiger partial charge in [0.25, 0.3) is 5.91 Å². The zero-order valence-electron chi connectivity index (χ0n) is 13.6. The van der Waals surface area contributed by atoms with Gasteiger partial charge in [0.2, 0.25) is 0 Å². The molecule has 4 rings (SSSR count). The second kappa shape index (κ2) is 6.26. The first-order valence-corrected chi connectivity index (χ1v) is 8.66. The van der Waals surface area contributed by atoms with Crippen LogP contribution in [0.3, 0.4) is 0 Å². The van der Waals surface area contributed by atoms with Gasteiger partial charge in [-0.05, 0) is 43.7 Å². The lowest BCUT2D eigenvalue weighted by molar-refractivity contribution is 0.0694. The lowest BCUT2D eigenvalue weighted by atomic mass is 9.96. The molecule has 0 radical (unpaired) electrons. The van der Waals surface area contributed by atoms with E-state index in [0.717, 1.165) is 31.1 Å². The minimum atomic E-state index is -0.196. The van der Waals surface area contributed by atoms with E-state index in [-0.39, 0.29) is 23.3 Å². The molecule has 2 aliphatic rings. The van der Waals surface area contributed by atoms with Crippen LogP contribution in [0.4, 0.5) is 0 Å². The highest BCUT2D eigenvalue weighted by Gasteiger charge is 2.30. The van der Waals surface area contributed by atoms with Crippen LogP contribution >= 0.6 is 0 Å². The van der Waals surface area contributed by atoms with Crippen molar-refractivity contribution in [2.24, 2.45) is 5.92 Å². The standard InChI is InChI=1S/C18H22N4O2/c23-15-4-1-7-19-16(15)18(24)22-9-2-3-14(12-22)17-20-8-10-21(17)11-13-5-6-13/h1,4,7-8,10,13-14,23H,2-3,5-6,9,11-12H2. The second-order valence-corrected chi connectivity index (χ2v) is 6.84. The molecule has 1 saturated carbocycles. The molecule has 6 heteroatoms. The van der Waals surface area contributed by atoms with Crippen molar-refractivity contribution in [3.8, 4) is 5.75 Å². The van der Waals surface area contributed by atoms with Gasteiger partial charge >= 0.3 is 0 Å². The minimum absolute atomic E-state index is 0.0557. The molecule has 1 saturated heterocycles. The summed E-state index contributed by atoms with van der Waals surface area (Å²) in [4.78, 5) is 23.1. The Bertz CT molecular complexity index is 738. The summed E-state index contributed by atoms with van der Waals surface area (Å²) in [5.41, 5.74) is 0.138. The molecule has 3 heterocycles. The number of aromatic hydroxyl groups is 1. The predicted molar refractivity (Wildman–Crippen MR) is 88.7 cm³/mol. The SMILES string of the molecule is O=C(c1ncccc1O)N1CCCC(c2nccn2CC2CC2)C1. The lowest BCUT2D eigenvalue weighted by Gasteiger charge is -2.32. The summed E-state index contributed by atoms with van der Waals surface area (Å²) in [5.74, 6) is 1.88. The van der Waals surface area contributed by atoms with E-state index in [1.807, 2.05) is 6.20 Å². The smallest absolute Gasteiger partial charge is 0.276 e. The fourth-order valence-electron chi connectivity index (χ4n) is 3.50. The van der Waals surface area contributed by atoms with Gasteiger partial charge in [0.05, 0.1) is 0 Å². The summed E-state index contributed by atoms with van der Waals surface area (Å²) in [6, 6.07) is 3.13. The van der Waals surface area contributed by atoms with Crippen LogP contribution in [0.15, 0.2) is 30.7 Å². The first-order valence-electron chi connectivity index (χ1n) is 8.66. The van der Waals surface area contributed by atoms with Gasteiger partial charge in [0.15, 0.2) is 5.69 Å². The molecule has 2 aromatic rings. The van der Waals surface area contributed by atoms with Crippen LogP contribution in [0, 0.1) is 5.92 Å². The van der Waals surface area contributed by atoms with Crippen LogP contribution < -0.4 is 0 Å². The molecule has 24 heavy (non-hydrogen) atoms. The first kappa shape index (κ1) is 15.2.